The van der Waals surface area contributed by atoms with Crippen LogP contribution in [0, 0.1) is 0 Å². The molecule has 1 aliphatic carbocycles. The molecule has 1 aromatic heterocycles. The number of benzene rings is 1. The predicted octanol–water partition coefficient (Wildman–Crippen LogP) is 2.96. The highest BCUT2D eigenvalue weighted by atomic mass is 16.5. The van der Waals surface area contributed by atoms with Gasteiger partial charge in [-0.1, -0.05) is 36.4 Å². The highest BCUT2D eigenvalue weighted by molar-refractivity contribution is 5.83. The molecule has 0 unspecified atom stereocenters. The Kier molecular flexibility index (Phi) is 4.49. The van der Waals surface area contributed by atoms with Gasteiger partial charge in [-0.2, -0.15) is 0 Å². The second kappa shape index (κ2) is 6.71. The van der Waals surface area contributed by atoms with Crippen molar-refractivity contribution in [3.63, 3.8) is 0 Å². The SMILES string of the molecule is CO[C@@H](C(=O)N(Cc1ccccn1)C1CC1)c1ccccc1. The van der Waals surface area contributed by atoms with E-state index in [2.05, 4.69) is 4.98 Å². The second-order valence-electron chi connectivity index (χ2n) is 5.54. The molecule has 2 aromatic rings. The van der Waals surface area contributed by atoms with E-state index in [-0.39, 0.29) is 5.91 Å². The number of ether oxygens (including phenoxy) is 1. The van der Waals surface area contributed by atoms with Gasteiger partial charge in [0.1, 0.15) is 0 Å². The van der Waals surface area contributed by atoms with E-state index in [0.717, 1.165) is 24.1 Å². The van der Waals surface area contributed by atoms with Gasteiger partial charge in [-0.05, 0) is 30.5 Å². The summed E-state index contributed by atoms with van der Waals surface area (Å²) in [6.07, 6.45) is 3.33. The van der Waals surface area contributed by atoms with Gasteiger partial charge in [0.2, 0.25) is 0 Å². The number of rotatable bonds is 6. The van der Waals surface area contributed by atoms with Gasteiger partial charge in [0.05, 0.1) is 12.2 Å². The number of hydrogen-bond donors (Lipinski definition) is 0. The molecule has 0 bridgehead atoms. The molecule has 0 N–H and O–H groups in total. The van der Waals surface area contributed by atoms with Crippen molar-refractivity contribution in [2.75, 3.05) is 7.11 Å². The van der Waals surface area contributed by atoms with Gasteiger partial charge in [0.15, 0.2) is 6.10 Å². The summed E-state index contributed by atoms with van der Waals surface area (Å²) in [6.45, 7) is 0.539. The molecule has 1 aliphatic rings. The maximum atomic E-state index is 12.9. The van der Waals surface area contributed by atoms with Crippen LogP contribution in [0.1, 0.15) is 30.2 Å². The standard InChI is InChI=1S/C18H20N2O2/c1-22-17(14-7-3-2-4-8-14)18(21)20(16-10-11-16)13-15-9-5-6-12-19-15/h2-9,12,16-17H,10-11,13H2,1H3/t17-/m1/s1. The lowest BCUT2D eigenvalue weighted by atomic mass is 10.1. The zero-order chi connectivity index (χ0) is 15.4. The molecule has 1 fully saturated rings. The molecule has 0 spiro atoms. The Bertz CT molecular complexity index is 611. The van der Waals surface area contributed by atoms with Crippen molar-refractivity contribution in [2.24, 2.45) is 0 Å². The van der Waals surface area contributed by atoms with E-state index >= 15 is 0 Å². The number of amides is 1. The van der Waals surface area contributed by atoms with Gasteiger partial charge >= 0.3 is 0 Å². The molecule has 1 saturated carbocycles. The summed E-state index contributed by atoms with van der Waals surface area (Å²) in [6, 6.07) is 15.7. The Morgan fingerprint density at radius 1 is 1.23 bits per heavy atom. The molecule has 22 heavy (non-hydrogen) atoms. The first-order valence-corrected chi connectivity index (χ1v) is 7.57. The van der Waals surface area contributed by atoms with E-state index in [1.54, 1.807) is 13.3 Å². The fourth-order valence-electron chi connectivity index (χ4n) is 2.60. The number of carbonyl (C=O) groups excluding carboxylic acids is 1. The highest BCUT2D eigenvalue weighted by Crippen LogP contribution is 2.31. The van der Waals surface area contributed by atoms with Crippen LogP contribution in [0.2, 0.25) is 0 Å². The van der Waals surface area contributed by atoms with Gasteiger partial charge in [-0.15, -0.1) is 0 Å². The summed E-state index contributed by atoms with van der Waals surface area (Å²) in [5.74, 6) is 0.0156. The monoisotopic (exact) mass is 296 g/mol. The Hall–Kier alpha value is -2.20. The largest absolute Gasteiger partial charge is 0.367 e. The first kappa shape index (κ1) is 14.7. The van der Waals surface area contributed by atoms with Gasteiger partial charge in [0, 0.05) is 19.3 Å². The third-order valence-electron chi connectivity index (χ3n) is 3.89. The summed E-state index contributed by atoms with van der Waals surface area (Å²) in [4.78, 5) is 19.2. The van der Waals surface area contributed by atoms with E-state index in [0.29, 0.717) is 12.6 Å². The molecule has 0 aliphatic heterocycles. The van der Waals surface area contributed by atoms with Crippen LogP contribution in [0.4, 0.5) is 0 Å². The molecule has 3 rings (SSSR count). The molecule has 4 heteroatoms. The molecule has 1 heterocycles. The molecule has 1 aromatic carbocycles. The molecule has 114 valence electrons. The van der Waals surface area contributed by atoms with E-state index in [1.807, 2.05) is 53.4 Å². The highest BCUT2D eigenvalue weighted by Gasteiger charge is 2.36. The van der Waals surface area contributed by atoms with Crippen LogP contribution in [-0.4, -0.2) is 28.9 Å². The molecular formula is C18H20N2O2. The number of pyridine rings is 1. The minimum absolute atomic E-state index is 0.0156. The first-order chi connectivity index (χ1) is 10.8. The predicted molar refractivity (Wildman–Crippen MR) is 84.0 cm³/mol. The normalized spacial score (nSPS) is 15.3. The molecule has 4 nitrogen and oxygen atoms in total. The van der Waals surface area contributed by atoms with Crippen LogP contribution in [0.15, 0.2) is 54.7 Å². The molecule has 1 atom stereocenters. The lowest BCUT2D eigenvalue weighted by Gasteiger charge is -2.26. The number of aromatic nitrogens is 1. The van der Waals surface area contributed by atoms with Crippen LogP contribution in [-0.2, 0) is 16.1 Å². The average Bonchev–Trinajstić information content (AvgIpc) is 3.40. The summed E-state index contributed by atoms with van der Waals surface area (Å²) < 4.78 is 5.48. The zero-order valence-corrected chi connectivity index (χ0v) is 12.7. The minimum Gasteiger partial charge on any atom is -0.367 e. The maximum Gasteiger partial charge on any atom is 0.256 e. The van der Waals surface area contributed by atoms with Crippen molar-refractivity contribution >= 4 is 5.91 Å². The zero-order valence-electron chi connectivity index (χ0n) is 12.7. The number of methoxy groups -OCH3 is 1. The Balaban J connectivity index is 1.80. The van der Waals surface area contributed by atoms with Crippen LogP contribution in [0.5, 0.6) is 0 Å². The van der Waals surface area contributed by atoms with Crippen molar-refractivity contribution in [3.8, 4) is 0 Å². The molecule has 1 amide bonds. The molecule has 0 radical (unpaired) electrons. The van der Waals surface area contributed by atoms with Crippen LogP contribution in [0.25, 0.3) is 0 Å². The van der Waals surface area contributed by atoms with E-state index in [1.165, 1.54) is 0 Å². The Labute approximate surface area is 130 Å². The average molecular weight is 296 g/mol. The third-order valence-corrected chi connectivity index (χ3v) is 3.89. The van der Waals surface area contributed by atoms with Gasteiger partial charge < -0.3 is 9.64 Å². The third kappa shape index (κ3) is 3.34. The fraction of sp³-hybridized carbons (Fsp3) is 0.333. The summed E-state index contributed by atoms with van der Waals surface area (Å²) in [5, 5.41) is 0. The van der Waals surface area contributed by atoms with E-state index in [9.17, 15) is 4.79 Å². The van der Waals surface area contributed by atoms with Crippen molar-refractivity contribution in [3.05, 3.63) is 66.0 Å². The van der Waals surface area contributed by atoms with Crippen molar-refractivity contribution in [2.45, 2.75) is 31.5 Å². The summed E-state index contributed by atoms with van der Waals surface area (Å²) >= 11 is 0. The van der Waals surface area contributed by atoms with Crippen molar-refractivity contribution < 1.29 is 9.53 Å². The lowest BCUT2D eigenvalue weighted by Crippen LogP contribution is -2.37. The Morgan fingerprint density at radius 2 is 1.95 bits per heavy atom. The number of hydrogen-bond acceptors (Lipinski definition) is 3. The smallest absolute Gasteiger partial charge is 0.256 e. The summed E-state index contributed by atoms with van der Waals surface area (Å²) in [7, 11) is 1.58. The van der Waals surface area contributed by atoms with E-state index in [4.69, 9.17) is 4.74 Å². The molecule has 0 saturated heterocycles. The van der Waals surface area contributed by atoms with Crippen molar-refractivity contribution in [1.82, 2.24) is 9.88 Å². The van der Waals surface area contributed by atoms with Crippen molar-refractivity contribution in [1.29, 1.82) is 0 Å². The lowest BCUT2D eigenvalue weighted by molar-refractivity contribution is -0.143. The Morgan fingerprint density at radius 3 is 2.55 bits per heavy atom. The second-order valence-corrected chi connectivity index (χ2v) is 5.54. The number of carbonyl (C=O) groups is 1. The van der Waals surface area contributed by atoms with Crippen LogP contribution >= 0.6 is 0 Å². The maximum absolute atomic E-state index is 12.9. The first-order valence-electron chi connectivity index (χ1n) is 7.57. The minimum atomic E-state index is -0.550. The number of nitrogens with zero attached hydrogens (tertiary/aromatic N) is 2. The summed E-state index contributed by atoms with van der Waals surface area (Å²) in [5.41, 5.74) is 1.80. The van der Waals surface area contributed by atoms with Gasteiger partial charge in [-0.25, -0.2) is 0 Å². The molecular weight excluding hydrogens is 276 g/mol. The van der Waals surface area contributed by atoms with Gasteiger partial charge in [0.25, 0.3) is 5.91 Å². The van der Waals surface area contributed by atoms with Gasteiger partial charge in [-0.3, -0.25) is 9.78 Å². The van der Waals surface area contributed by atoms with E-state index < -0.39 is 6.10 Å². The topological polar surface area (TPSA) is 42.4 Å². The fourth-order valence-corrected chi connectivity index (χ4v) is 2.60. The van der Waals surface area contributed by atoms with Crippen LogP contribution < -0.4 is 0 Å². The van der Waals surface area contributed by atoms with Crippen LogP contribution in [0.3, 0.4) is 0 Å². The quantitative estimate of drug-likeness (QED) is 0.823.